The van der Waals surface area contributed by atoms with E-state index in [1.54, 1.807) is 25.1 Å². The lowest BCUT2D eigenvalue weighted by molar-refractivity contribution is -0.127. The third-order valence-electron chi connectivity index (χ3n) is 5.43. The number of aryl methyl sites for hydroxylation is 1. The predicted molar refractivity (Wildman–Crippen MR) is 110 cm³/mol. The Balaban J connectivity index is 1.38. The first-order valence-corrected chi connectivity index (χ1v) is 10.1. The highest BCUT2D eigenvalue weighted by molar-refractivity contribution is 6.04. The summed E-state index contributed by atoms with van der Waals surface area (Å²) in [4.78, 5) is 21.2. The van der Waals surface area contributed by atoms with E-state index in [4.69, 9.17) is 4.52 Å². The van der Waals surface area contributed by atoms with Gasteiger partial charge in [-0.3, -0.25) is 9.20 Å². The molecule has 0 aliphatic heterocycles. The maximum absolute atomic E-state index is 13.2. The fraction of sp³-hybridized carbons (Fsp3) is 0.273. The Hall–Kier alpha value is -3.76. The van der Waals surface area contributed by atoms with E-state index < -0.39 is 24.7 Å². The predicted octanol–water partition coefficient (Wildman–Crippen LogP) is 4.88. The van der Waals surface area contributed by atoms with Gasteiger partial charge in [0.2, 0.25) is 11.7 Å². The summed E-state index contributed by atoms with van der Waals surface area (Å²) in [6.45, 7) is 1.80. The van der Waals surface area contributed by atoms with Crippen LogP contribution in [0.2, 0.25) is 0 Å². The van der Waals surface area contributed by atoms with E-state index in [1.165, 1.54) is 28.9 Å². The standard InChI is InChI=1S/C22H17F4N5O2/c1-11-2-3-13(19-29-21(33-30-19)14-8-15(14)23)7-16(11)28-20(32)17-10-27-18-6-12(4-5-31(17)18)9-22(24,25)26/h2-7,10,14-15H,8-9H2,1H3,(H,28,32)/t14-,15-/m0/s1. The Kier molecular flexibility index (Phi) is 4.91. The summed E-state index contributed by atoms with van der Waals surface area (Å²) >= 11 is 0. The SMILES string of the molecule is Cc1ccc(-c2noc([C@H]3C[C@@H]3F)n2)cc1NC(=O)c1cnc2cc(CC(F)(F)F)ccn12. The maximum Gasteiger partial charge on any atom is 0.393 e. The molecule has 4 aromatic rings. The highest BCUT2D eigenvalue weighted by Gasteiger charge is 2.43. The normalized spacial score (nSPS) is 18.0. The zero-order chi connectivity index (χ0) is 23.3. The van der Waals surface area contributed by atoms with Crippen molar-refractivity contribution in [3.05, 3.63) is 65.4 Å². The topological polar surface area (TPSA) is 85.3 Å². The average Bonchev–Trinajstić information content (AvgIpc) is 3.15. The van der Waals surface area contributed by atoms with Gasteiger partial charge in [-0.05, 0) is 42.7 Å². The smallest absolute Gasteiger partial charge is 0.339 e. The number of amides is 1. The molecule has 0 spiro atoms. The maximum atomic E-state index is 13.2. The molecule has 1 aliphatic rings. The van der Waals surface area contributed by atoms with E-state index in [2.05, 4.69) is 20.4 Å². The van der Waals surface area contributed by atoms with Crippen molar-refractivity contribution in [1.82, 2.24) is 19.5 Å². The molecule has 0 saturated heterocycles. The van der Waals surface area contributed by atoms with Gasteiger partial charge in [0.25, 0.3) is 5.91 Å². The Labute approximate surface area is 184 Å². The fourth-order valence-corrected chi connectivity index (χ4v) is 3.54. The van der Waals surface area contributed by atoms with Crippen LogP contribution in [0.4, 0.5) is 23.2 Å². The largest absolute Gasteiger partial charge is 0.393 e. The van der Waals surface area contributed by atoms with Crippen LogP contribution in [0, 0.1) is 6.92 Å². The number of fused-ring (bicyclic) bond motifs is 1. The van der Waals surface area contributed by atoms with Gasteiger partial charge in [-0.25, -0.2) is 9.37 Å². The second kappa shape index (κ2) is 7.68. The van der Waals surface area contributed by atoms with Crippen LogP contribution in [0.3, 0.4) is 0 Å². The number of anilines is 1. The summed E-state index contributed by atoms with van der Waals surface area (Å²) in [6.07, 6.45) is -3.31. The zero-order valence-electron chi connectivity index (χ0n) is 17.2. The van der Waals surface area contributed by atoms with Gasteiger partial charge in [0.15, 0.2) is 0 Å². The van der Waals surface area contributed by atoms with Gasteiger partial charge in [0.1, 0.15) is 17.5 Å². The number of hydrogen-bond donors (Lipinski definition) is 1. The minimum atomic E-state index is -4.33. The number of nitrogens with zero attached hydrogens (tertiary/aromatic N) is 4. The lowest BCUT2D eigenvalue weighted by Crippen LogP contribution is -2.15. The number of alkyl halides is 4. The van der Waals surface area contributed by atoms with Crippen LogP contribution in [-0.4, -0.2) is 37.8 Å². The van der Waals surface area contributed by atoms with Crippen molar-refractivity contribution in [2.45, 2.75) is 38.0 Å². The highest BCUT2D eigenvalue weighted by Crippen LogP contribution is 2.43. The molecule has 7 nitrogen and oxygen atoms in total. The summed E-state index contributed by atoms with van der Waals surface area (Å²) in [5.41, 5.74) is 2.29. The van der Waals surface area contributed by atoms with Crippen molar-refractivity contribution in [2.75, 3.05) is 5.32 Å². The molecule has 2 atom stereocenters. The molecule has 1 N–H and O–H groups in total. The van der Waals surface area contributed by atoms with Crippen molar-refractivity contribution < 1.29 is 26.9 Å². The van der Waals surface area contributed by atoms with Crippen molar-refractivity contribution in [2.24, 2.45) is 0 Å². The zero-order valence-corrected chi connectivity index (χ0v) is 17.2. The minimum absolute atomic E-state index is 0.0564. The second-order valence-electron chi connectivity index (χ2n) is 8.00. The van der Waals surface area contributed by atoms with Crippen molar-refractivity contribution in [3.63, 3.8) is 0 Å². The van der Waals surface area contributed by atoms with Crippen molar-refractivity contribution in [1.29, 1.82) is 0 Å². The molecular weight excluding hydrogens is 442 g/mol. The van der Waals surface area contributed by atoms with Crippen LogP contribution < -0.4 is 5.32 Å². The molecule has 33 heavy (non-hydrogen) atoms. The van der Waals surface area contributed by atoms with E-state index in [0.29, 0.717) is 17.7 Å². The molecule has 1 fully saturated rings. The Morgan fingerprint density at radius 3 is 2.79 bits per heavy atom. The molecule has 1 saturated carbocycles. The number of nitrogens with one attached hydrogen (secondary N) is 1. The van der Waals surface area contributed by atoms with E-state index in [1.807, 2.05) is 0 Å². The van der Waals surface area contributed by atoms with E-state index >= 15 is 0 Å². The van der Waals surface area contributed by atoms with Gasteiger partial charge in [-0.2, -0.15) is 18.2 Å². The summed E-state index contributed by atoms with van der Waals surface area (Å²) in [6, 6.07) is 7.81. The summed E-state index contributed by atoms with van der Waals surface area (Å²) in [7, 11) is 0. The minimum Gasteiger partial charge on any atom is -0.339 e. The monoisotopic (exact) mass is 459 g/mol. The number of rotatable bonds is 5. The Morgan fingerprint density at radius 1 is 1.27 bits per heavy atom. The fourth-order valence-electron chi connectivity index (χ4n) is 3.54. The second-order valence-corrected chi connectivity index (χ2v) is 8.00. The number of hydrogen-bond acceptors (Lipinski definition) is 5. The van der Waals surface area contributed by atoms with E-state index in [0.717, 1.165) is 5.56 Å². The molecular formula is C22H17F4N5O2. The Morgan fingerprint density at radius 2 is 2.06 bits per heavy atom. The van der Waals surface area contributed by atoms with Crippen LogP contribution in [0.1, 0.15) is 39.8 Å². The Bertz CT molecular complexity index is 1360. The van der Waals surface area contributed by atoms with Gasteiger partial charge >= 0.3 is 6.18 Å². The quantitative estimate of drug-likeness (QED) is 0.430. The molecule has 170 valence electrons. The molecule has 1 aromatic carbocycles. The van der Waals surface area contributed by atoms with E-state index in [9.17, 15) is 22.4 Å². The van der Waals surface area contributed by atoms with Gasteiger partial charge in [-0.15, -0.1) is 0 Å². The number of imidazole rings is 1. The van der Waals surface area contributed by atoms with Crippen LogP contribution in [0.15, 0.2) is 47.2 Å². The molecule has 3 heterocycles. The molecule has 1 amide bonds. The van der Waals surface area contributed by atoms with Gasteiger partial charge in [0.05, 0.1) is 18.5 Å². The van der Waals surface area contributed by atoms with Crippen molar-refractivity contribution in [3.8, 4) is 11.4 Å². The number of halogens is 4. The molecule has 0 bridgehead atoms. The number of carbonyl (C=O) groups excluding carboxylic acids is 1. The van der Waals surface area contributed by atoms with E-state index in [-0.39, 0.29) is 34.5 Å². The lowest BCUT2D eigenvalue weighted by atomic mass is 10.1. The van der Waals surface area contributed by atoms with Crippen LogP contribution in [0.25, 0.3) is 17.0 Å². The first-order valence-electron chi connectivity index (χ1n) is 10.1. The number of aromatic nitrogens is 4. The molecule has 0 unspecified atom stereocenters. The lowest BCUT2D eigenvalue weighted by Gasteiger charge is -2.10. The summed E-state index contributed by atoms with van der Waals surface area (Å²) in [5.74, 6) is -0.313. The number of benzene rings is 1. The van der Waals surface area contributed by atoms with Crippen LogP contribution in [0.5, 0.6) is 0 Å². The molecule has 1 aliphatic carbocycles. The average molecular weight is 459 g/mol. The van der Waals surface area contributed by atoms with Crippen molar-refractivity contribution >= 4 is 17.2 Å². The number of carbonyl (C=O) groups is 1. The molecule has 5 rings (SSSR count). The highest BCUT2D eigenvalue weighted by atomic mass is 19.4. The first kappa shape index (κ1) is 21.1. The van der Waals surface area contributed by atoms with Crippen LogP contribution >= 0.6 is 0 Å². The molecule has 11 heteroatoms. The third-order valence-corrected chi connectivity index (χ3v) is 5.43. The van der Waals surface area contributed by atoms with Gasteiger partial charge in [-0.1, -0.05) is 17.3 Å². The van der Waals surface area contributed by atoms with Crippen LogP contribution in [-0.2, 0) is 6.42 Å². The summed E-state index contributed by atoms with van der Waals surface area (Å²) in [5, 5.41) is 6.69. The third kappa shape index (κ3) is 4.30. The van der Waals surface area contributed by atoms with Gasteiger partial charge < -0.3 is 9.84 Å². The first-order chi connectivity index (χ1) is 15.7. The summed E-state index contributed by atoms with van der Waals surface area (Å²) < 4.78 is 57.7. The molecule has 0 radical (unpaired) electrons. The molecule has 3 aromatic heterocycles. The van der Waals surface area contributed by atoms with Gasteiger partial charge in [0, 0.05) is 17.4 Å². The number of pyridine rings is 1.